The molecular weight excluding hydrogens is 172 g/mol. The van der Waals surface area contributed by atoms with Crippen molar-refractivity contribution in [1.29, 1.82) is 0 Å². The lowest BCUT2D eigenvalue weighted by atomic mass is 10.1. The van der Waals surface area contributed by atoms with Gasteiger partial charge in [0.2, 0.25) is 0 Å². The van der Waals surface area contributed by atoms with Gasteiger partial charge in [-0.25, -0.2) is 0 Å². The molecule has 0 aromatic heterocycles. The molecule has 4 N–H and O–H groups in total. The van der Waals surface area contributed by atoms with Crippen molar-refractivity contribution >= 4 is 0 Å². The first-order chi connectivity index (χ1) is 6.84. The highest BCUT2D eigenvalue weighted by molar-refractivity contribution is 5.16. The molecule has 0 fully saturated rings. The summed E-state index contributed by atoms with van der Waals surface area (Å²) in [6, 6.07) is 11.3. The van der Waals surface area contributed by atoms with Crippen LogP contribution in [-0.4, -0.2) is 20.1 Å². The predicted octanol–water partition coefficient (Wildman–Crippen LogP) is -0.106. The molecule has 0 aliphatic heterocycles. The lowest BCUT2D eigenvalue weighted by molar-refractivity contribution is -0.701. The quantitative estimate of drug-likeness (QED) is 0.593. The smallest absolute Gasteiger partial charge is 0.109 e. The van der Waals surface area contributed by atoms with E-state index in [9.17, 15) is 0 Å². The first kappa shape index (κ1) is 11.2. The first-order valence-corrected chi connectivity index (χ1v) is 5.50. The maximum absolute atomic E-state index is 2.42. The summed E-state index contributed by atoms with van der Waals surface area (Å²) in [6.07, 6.45) is 1.29. The normalized spacial score (nSPS) is 12.7. The molecule has 0 unspecified atom stereocenters. The van der Waals surface area contributed by atoms with Crippen LogP contribution in [0.3, 0.4) is 0 Å². The molecule has 0 amide bonds. The number of hydrogen-bond acceptors (Lipinski definition) is 0. The minimum atomic E-state index is 0.591. The number of benzene rings is 1. The fourth-order valence-electron chi connectivity index (χ4n) is 1.58. The van der Waals surface area contributed by atoms with Crippen LogP contribution in [0.25, 0.3) is 0 Å². The Kier molecular flexibility index (Phi) is 5.27. The maximum atomic E-state index is 2.42. The molecule has 0 heterocycles. The lowest BCUT2D eigenvalue weighted by Crippen LogP contribution is -2.87. The van der Waals surface area contributed by atoms with Crippen molar-refractivity contribution in [3.63, 3.8) is 0 Å². The molecule has 1 aromatic rings. The van der Waals surface area contributed by atoms with Crippen LogP contribution in [0.5, 0.6) is 0 Å². The second kappa shape index (κ2) is 6.57. The van der Waals surface area contributed by atoms with Crippen LogP contribution in [-0.2, 0) is 0 Å². The molecule has 0 aliphatic rings. The zero-order valence-electron chi connectivity index (χ0n) is 9.24. The minimum absolute atomic E-state index is 0.591. The molecule has 2 nitrogen and oxygen atoms in total. The maximum Gasteiger partial charge on any atom is 0.109 e. The van der Waals surface area contributed by atoms with E-state index in [1.54, 1.807) is 0 Å². The van der Waals surface area contributed by atoms with E-state index >= 15 is 0 Å². The molecule has 0 saturated carbocycles. The second-order valence-corrected chi connectivity index (χ2v) is 3.77. The van der Waals surface area contributed by atoms with Gasteiger partial charge in [0.15, 0.2) is 0 Å². The van der Waals surface area contributed by atoms with E-state index in [1.165, 1.54) is 25.1 Å². The molecule has 1 aromatic carbocycles. The highest BCUT2D eigenvalue weighted by Crippen LogP contribution is 2.05. The van der Waals surface area contributed by atoms with Gasteiger partial charge in [0.1, 0.15) is 6.04 Å². The summed E-state index contributed by atoms with van der Waals surface area (Å²) in [4.78, 5) is 0. The molecule has 14 heavy (non-hydrogen) atoms. The summed E-state index contributed by atoms with van der Waals surface area (Å²) in [5, 5.41) is 4.65. The van der Waals surface area contributed by atoms with Crippen LogP contribution in [0.4, 0.5) is 0 Å². The van der Waals surface area contributed by atoms with Crippen molar-refractivity contribution in [3.8, 4) is 0 Å². The molecule has 0 bridgehead atoms. The van der Waals surface area contributed by atoms with Crippen LogP contribution in [0.2, 0.25) is 0 Å². The average molecular weight is 194 g/mol. The van der Waals surface area contributed by atoms with Crippen molar-refractivity contribution in [2.45, 2.75) is 19.4 Å². The summed E-state index contributed by atoms with van der Waals surface area (Å²) < 4.78 is 0. The monoisotopic (exact) mass is 194 g/mol. The molecule has 1 atom stereocenters. The van der Waals surface area contributed by atoms with E-state index in [1.807, 2.05) is 0 Å². The van der Waals surface area contributed by atoms with E-state index in [0.717, 1.165) is 0 Å². The average Bonchev–Trinajstić information content (AvgIpc) is 2.25. The first-order valence-electron chi connectivity index (χ1n) is 5.50. The van der Waals surface area contributed by atoms with Crippen LogP contribution >= 0.6 is 0 Å². The van der Waals surface area contributed by atoms with Gasteiger partial charge >= 0.3 is 0 Å². The van der Waals surface area contributed by atoms with Gasteiger partial charge in [0.25, 0.3) is 0 Å². The van der Waals surface area contributed by atoms with Gasteiger partial charge in [0, 0.05) is 12.0 Å². The van der Waals surface area contributed by atoms with E-state index in [2.05, 4.69) is 54.9 Å². The second-order valence-electron chi connectivity index (χ2n) is 3.77. The zero-order chi connectivity index (χ0) is 10.2. The fourth-order valence-corrected chi connectivity index (χ4v) is 1.58. The Hall–Kier alpha value is -0.860. The summed E-state index contributed by atoms with van der Waals surface area (Å²) >= 11 is 0. The van der Waals surface area contributed by atoms with Crippen LogP contribution in [0.15, 0.2) is 30.3 Å². The largest absolute Gasteiger partial charge is 0.349 e. The number of rotatable bonds is 6. The third-order valence-corrected chi connectivity index (χ3v) is 2.54. The SMILES string of the molecule is C[NH2+]CCC[NH2+][C@H](C)c1ccccc1. The summed E-state index contributed by atoms with van der Waals surface area (Å²) in [6.45, 7) is 4.73. The summed E-state index contributed by atoms with van der Waals surface area (Å²) in [5.74, 6) is 0. The Morgan fingerprint density at radius 2 is 1.86 bits per heavy atom. The van der Waals surface area contributed by atoms with Gasteiger partial charge in [0.05, 0.1) is 20.1 Å². The highest BCUT2D eigenvalue weighted by Gasteiger charge is 2.06. The molecule has 1 rings (SSSR count). The standard InChI is InChI=1S/C12H20N2/c1-11(14-10-6-9-13-2)12-7-4-3-5-8-12/h3-5,7-8,11,13-14H,6,9-10H2,1-2H3/p+2/t11-/m1/s1. The summed E-state index contributed by atoms with van der Waals surface area (Å²) in [5.41, 5.74) is 1.42. The predicted molar refractivity (Wildman–Crippen MR) is 59.0 cm³/mol. The third-order valence-electron chi connectivity index (χ3n) is 2.54. The minimum Gasteiger partial charge on any atom is -0.349 e. The van der Waals surface area contributed by atoms with E-state index in [4.69, 9.17) is 0 Å². The van der Waals surface area contributed by atoms with Gasteiger partial charge in [-0.1, -0.05) is 30.3 Å². The van der Waals surface area contributed by atoms with E-state index < -0.39 is 0 Å². The van der Waals surface area contributed by atoms with Crippen LogP contribution < -0.4 is 10.6 Å². The van der Waals surface area contributed by atoms with Gasteiger partial charge in [-0.05, 0) is 6.92 Å². The molecule has 0 saturated heterocycles. The Morgan fingerprint density at radius 1 is 1.14 bits per heavy atom. The van der Waals surface area contributed by atoms with E-state index in [-0.39, 0.29) is 0 Å². The Labute approximate surface area is 86.7 Å². The van der Waals surface area contributed by atoms with Crippen molar-refractivity contribution in [2.24, 2.45) is 0 Å². The highest BCUT2D eigenvalue weighted by atomic mass is 14.9. The van der Waals surface area contributed by atoms with Crippen molar-refractivity contribution in [1.82, 2.24) is 0 Å². The molecule has 0 radical (unpaired) electrons. The van der Waals surface area contributed by atoms with Gasteiger partial charge in [-0.15, -0.1) is 0 Å². The number of quaternary nitrogens is 2. The van der Waals surface area contributed by atoms with Crippen LogP contribution in [0.1, 0.15) is 24.9 Å². The fraction of sp³-hybridized carbons (Fsp3) is 0.500. The topological polar surface area (TPSA) is 33.2 Å². The Balaban J connectivity index is 2.25. The molecular formula is C12H22N2+2. The van der Waals surface area contributed by atoms with Crippen molar-refractivity contribution in [3.05, 3.63) is 35.9 Å². The van der Waals surface area contributed by atoms with Gasteiger partial charge in [-0.2, -0.15) is 0 Å². The van der Waals surface area contributed by atoms with Gasteiger partial charge < -0.3 is 10.6 Å². The number of hydrogen-bond donors (Lipinski definition) is 2. The molecule has 0 aliphatic carbocycles. The molecule has 78 valence electrons. The summed E-state index contributed by atoms with van der Waals surface area (Å²) in [7, 11) is 2.13. The number of nitrogens with two attached hydrogens (primary N) is 2. The Bertz CT molecular complexity index is 233. The third kappa shape index (κ3) is 3.90. The lowest BCUT2D eigenvalue weighted by Gasteiger charge is -2.10. The molecule has 0 spiro atoms. The zero-order valence-corrected chi connectivity index (χ0v) is 9.24. The van der Waals surface area contributed by atoms with Gasteiger partial charge in [-0.3, -0.25) is 0 Å². The Morgan fingerprint density at radius 3 is 2.50 bits per heavy atom. The van der Waals surface area contributed by atoms with E-state index in [0.29, 0.717) is 6.04 Å². The molecule has 2 heteroatoms. The van der Waals surface area contributed by atoms with Crippen molar-refractivity contribution < 1.29 is 10.6 Å². The van der Waals surface area contributed by atoms with Crippen molar-refractivity contribution in [2.75, 3.05) is 20.1 Å². The van der Waals surface area contributed by atoms with Crippen LogP contribution in [0, 0.1) is 0 Å².